The summed E-state index contributed by atoms with van der Waals surface area (Å²) in [5.74, 6) is 0.00767. The molecule has 0 amide bonds. The molecule has 1 aliphatic heterocycles. The van der Waals surface area contributed by atoms with Gasteiger partial charge in [-0.15, -0.1) is 0 Å². The van der Waals surface area contributed by atoms with E-state index in [9.17, 15) is 21.6 Å². The standard InChI is InChI=1S/C20H26N2O7S2/c1-15-10-12-22(13-11-15)30(24,25)18-7-4-16(5-8-18)20(23)28-14-17-6-9-19(29-17)31(26,27)21(2)3/h4-9,15H,10-14H2,1-3H3. The Kier molecular flexibility index (Phi) is 6.89. The fourth-order valence-corrected chi connectivity index (χ4v) is 5.39. The average molecular weight is 471 g/mol. The summed E-state index contributed by atoms with van der Waals surface area (Å²) in [6, 6.07) is 8.27. The van der Waals surface area contributed by atoms with E-state index in [2.05, 4.69) is 6.92 Å². The van der Waals surface area contributed by atoms with E-state index in [1.165, 1.54) is 54.8 Å². The number of carbonyl (C=O) groups is 1. The first-order valence-electron chi connectivity index (χ1n) is 9.80. The van der Waals surface area contributed by atoms with Gasteiger partial charge in [-0.1, -0.05) is 6.92 Å². The molecule has 0 atom stereocenters. The summed E-state index contributed by atoms with van der Waals surface area (Å²) in [5.41, 5.74) is 0.180. The fourth-order valence-electron chi connectivity index (χ4n) is 3.11. The summed E-state index contributed by atoms with van der Waals surface area (Å²) >= 11 is 0. The van der Waals surface area contributed by atoms with Gasteiger partial charge in [0.2, 0.25) is 15.1 Å². The van der Waals surface area contributed by atoms with Gasteiger partial charge < -0.3 is 9.15 Å². The lowest BCUT2D eigenvalue weighted by Gasteiger charge is -2.29. The van der Waals surface area contributed by atoms with E-state index in [4.69, 9.17) is 9.15 Å². The Hall–Kier alpha value is -2.21. The number of carbonyl (C=O) groups excluding carboxylic acids is 1. The first kappa shape index (κ1) is 23.5. The predicted molar refractivity (Wildman–Crippen MR) is 112 cm³/mol. The molecule has 0 spiro atoms. The largest absolute Gasteiger partial charge is 0.454 e. The number of hydrogen-bond acceptors (Lipinski definition) is 7. The van der Waals surface area contributed by atoms with Crippen molar-refractivity contribution in [2.75, 3.05) is 27.2 Å². The Labute approximate surface area is 182 Å². The predicted octanol–water partition coefficient (Wildman–Crippen LogP) is 2.31. The molecule has 0 N–H and O–H groups in total. The Morgan fingerprint density at radius 3 is 2.26 bits per heavy atom. The third-order valence-electron chi connectivity index (χ3n) is 5.19. The minimum Gasteiger partial charge on any atom is -0.454 e. The van der Waals surface area contributed by atoms with Gasteiger partial charge in [0.1, 0.15) is 12.4 Å². The van der Waals surface area contributed by atoms with Crippen molar-refractivity contribution < 1.29 is 30.8 Å². The molecule has 0 saturated carbocycles. The Morgan fingerprint density at radius 2 is 1.68 bits per heavy atom. The quantitative estimate of drug-likeness (QED) is 0.571. The molecule has 0 aliphatic carbocycles. The summed E-state index contributed by atoms with van der Waals surface area (Å²) in [6.07, 6.45) is 1.65. The van der Waals surface area contributed by atoms with Gasteiger partial charge in [-0.2, -0.15) is 4.31 Å². The second kappa shape index (κ2) is 9.11. The van der Waals surface area contributed by atoms with Crippen LogP contribution in [0.4, 0.5) is 0 Å². The summed E-state index contributed by atoms with van der Waals surface area (Å²) < 4.78 is 62.4. The molecule has 31 heavy (non-hydrogen) atoms. The van der Waals surface area contributed by atoms with Crippen LogP contribution in [-0.2, 0) is 31.4 Å². The number of esters is 1. The van der Waals surface area contributed by atoms with Crippen molar-refractivity contribution in [2.45, 2.75) is 36.4 Å². The highest BCUT2D eigenvalue weighted by molar-refractivity contribution is 7.89. The Balaban J connectivity index is 1.63. The fraction of sp³-hybridized carbons (Fsp3) is 0.450. The number of furan rings is 1. The van der Waals surface area contributed by atoms with Crippen LogP contribution < -0.4 is 0 Å². The normalized spacial score (nSPS) is 16.5. The highest BCUT2D eigenvalue weighted by Gasteiger charge is 2.28. The van der Waals surface area contributed by atoms with E-state index < -0.39 is 26.0 Å². The molecule has 0 radical (unpaired) electrons. The molecular formula is C20H26N2O7S2. The van der Waals surface area contributed by atoms with Crippen molar-refractivity contribution in [1.82, 2.24) is 8.61 Å². The lowest BCUT2D eigenvalue weighted by Crippen LogP contribution is -2.37. The van der Waals surface area contributed by atoms with Gasteiger partial charge in [0.25, 0.3) is 10.0 Å². The molecule has 1 aromatic carbocycles. The van der Waals surface area contributed by atoms with E-state index in [0.717, 1.165) is 17.1 Å². The van der Waals surface area contributed by atoms with Gasteiger partial charge in [-0.3, -0.25) is 0 Å². The number of rotatable bonds is 7. The second-order valence-electron chi connectivity index (χ2n) is 7.70. The monoisotopic (exact) mass is 470 g/mol. The van der Waals surface area contributed by atoms with Gasteiger partial charge in [-0.25, -0.2) is 25.9 Å². The molecule has 11 heteroatoms. The summed E-state index contributed by atoms with van der Waals surface area (Å²) in [7, 11) is -4.54. The second-order valence-corrected chi connectivity index (χ2v) is 11.7. The van der Waals surface area contributed by atoms with E-state index in [-0.39, 0.29) is 27.9 Å². The molecule has 2 heterocycles. The molecule has 3 rings (SSSR count). The van der Waals surface area contributed by atoms with Crippen molar-refractivity contribution in [2.24, 2.45) is 5.92 Å². The van der Waals surface area contributed by atoms with Gasteiger partial charge >= 0.3 is 5.97 Å². The minimum absolute atomic E-state index is 0.128. The van der Waals surface area contributed by atoms with Gasteiger partial charge in [-0.05, 0) is 55.2 Å². The molecular weight excluding hydrogens is 444 g/mol. The third-order valence-corrected chi connectivity index (χ3v) is 8.79. The highest BCUT2D eigenvalue weighted by atomic mass is 32.2. The van der Waals surface area contributed by atoms with Crippen LogP contribution in [0, 0.1) is 5.92 Å². The maximum Gasteiger partial charge on any atom is 0.338 e. The van der Waals surface area contributed by atoms with Crippen LogP contribution >= 0.6 is 0 Å². The lowest BCUT2D eigenvalue weighted by molar-refractivity contribution is 0.0440. The maximum atomic E-state index is 12.8. The molecule has 0 bridgehead atoms. The number of nitrogens with zero attached hydrogens (tertiary/aromatic N) is 2. The molecule has 2 aromatic rings. The molecule has 9 nitrogen and oxygen atoms in total. The summed E-state index contributed by atoms with van der Waals surface area (Å²) in [5, 5.41) is -0.245. The highest BCUT2D eigenvalue weighted by Crippen LogP contribution is 2.24. The lowest BCUT2D eigenvalue weighted by atomic mass is 10.0. The first-order valence-corrected chi connectivity index (χ1v) is 12.7. The smallest absolute Gasteiger partial charge is 0.338 e. The van der Waals surface area contributed by atoms with Crippen molar-refractivity contribution >= 4 is 26.0 Å². The van der Waals surface area contributed by atoms with E-state index in [0.29, 0.717) is 19.0 Å². The van der Waals surface area contributed by atoms with Crippen molar-refractivity contribution in [3.8, 4) is 0 Å². The Morgan fingerprint density at radius 1 is 1.06 bits per heavy atom. The van der Waals surface area contributed by atoms with Crippen molar-refractivity contribution in [3.05, 3.63) is 47.7 Å². The van der Waals surface area contributed by atoms with Gasteiger partial charge in [0.15, 0.2) is 0 Å². The molecule has 0 unspecified atom stereocenters. The first-order chi connectivity index (χ1) is 14.5. The summed E-state index contributed by atoms with van der Waals surface area (Å²) in [4.78, 5) is 12.4. The van der Waals surface area contributed by atoms with Gasteiger partial charge in [0.05, 0.1) is 10.5 Å². The SMILES string of the molecule is CC1CCN(S(=O)(=O)c2ccc(C(=O)OCc3ccc(S(=O)(=O)N(C)C)o3)cc2)CC1. The molecule has 1 saturated heterocycles. The van der Waals surface area contributed by atoms with E-state index in [1.807, 2.05) is 0 Å². The van der Waals surface area contributed by atoms with Crippen LogP contribution in [0.2, 0.25) is 0 Å². The zero-order valence-electron chi connectivity index (χ0n) is 17.6. The average Bonchev–Trinajstić information content (AvgIpc) is 3.22. The van der Waals surface area contributed by atoms with Crippen LogP contribution in [0.5, 0.6) is 0 Å². The number of hydrogen-bond donors (Lipinski definition) is 0. The van der Waals surface area contributed by atoms with Crippen LogP contribution in [-0.4, -0.2) is 58.6 Å². The minimum atomic E-state index is -3.71. The van der Waals surface area contributed by atoms with Crippen LogP contribution in [0.25, 0.3) is 0 Å². The van der Waals surface area contributed by atoms with Crippen LogP contribution in [0.1, 0.15) is 35.9 Å². The van der Waals surface area contributed by atoms with Gasteiger partial charge in [0, 0.05) is 27.2 Å². The zero-order valence-corrected chi connectivity index (χ0v) is 19.3. The zero-order chi connectivity index (χ0) is 22.8. The molecule has 1 fully saturated rings. The van der Waals surface area contributed by atoms with Crippen molar-refractivity contribution in [3.63, 3.8) is 0 Å². The number of ether oxygens (including phenoxy) is 1. The third kappa shape index (κ3) is 5.17. The molecule has 1 aliphatic rings. The molecule has 1 aromatic heterocycles. The number of benzene rings is 1. The van der Waals surface area contributed by atoms with E-state index in [1.54, 1.807) is 0 Å². The topological polar surface area (TPSA) is 114 Å². The van der Waals surface area contributed by atoms with Crippen molar-refractivity contribution in [1.29, 1.82) is 0 Å². The summed E-state index contributed by atoms with van der Waals surface area (Å²) in [6.45, 7) is 2.83. The number of piperidine rings is 1. The maximum absolute atomic E-state index is 12.8. The molecule has 170 valence electrons. The number of sulfonamides is 2. The van der Waals surface area contributed by atoms with E-state index >= 15 is 0 Å². The van der Waals surface area contributed by atoms with Crippen LogP contribution in [0.3, 0.4) is 0 Å². The Bertz CT molecular complexity index is 1130. The van der Waals surface area contributed by atoms with Crippen LogP contribution in [0.15, 0.2) is 50.8 Å².